The van der Waals surface area contributed by atoms with Gasteiger partial charge in [-0.05, 0) is 42.6 Å². The molecular formula is C19H27FN2OS. The zero-order chi connectivity index (χ0) is 17.5. The normalized spacial score (nSPS) is 18.1. The Balaban J connectivity index is 2.13. The molecule has 0 saturated carbocycles. The molecular weight excluding hydrogens is 323 g/mol. The SMILES string of the molecule is CCCc1nc2sc3c(c2c(=O)n1CCF)CCC(C(C)(C)C)C3. The van der Waals surface area contributed by atoms with E-state index in [2.05, 4.69) is 27.7 Å². The molecule has 0 radical (unpaired) electrons. The van der Waals surface area contributed by atoms with Gasteiger partial charge in [-0.15, -0.1) is 11.3 Å². The van der Waals surface area contributed by atoms with Crippen LogP contribution in [0.2, 0.25) is 0 Å². The van der Waals surface area contributed by atoms with Gasteiger partial charge in [0, 0.05) is 11.3 Å². The second-order valence-electron chi connectivity index (χ2n) is 7.91. The van der Waals surface area contributed by atoms with Crippen LogP contribution in [-0.2, 0) is 25.8 Å². The average molecular weight is 351 g/mol. The number of alkyl halides is 1. The van der Waals surface area contributed by atoms with Gasteiger partial charge >= 0.3 is 0 Å². The van der Waals surface area contributed by atoms with E-state index in [1.807, 2.05) is 0 Å². The fraction of sp³-hybridized carbons (Fsp3) is 0.684. The number of aromatic nitrogens is 2. The average Bonchev–Trinajstić information content (AvgIpc) is 2.88. The van der Waals surface area contributed by atoms with Crippen LogP contribution in [0.5, 0.6) is 0 Å². The molecule has 0 spiro atoms. The molecule has 1 atom stereocenters. The molecule has 0 N–H and O–H groups in total. The van der Waals surface area contributed by atoms with Gasteiger partial charge in [0.1, 0.15) is 17.3 Å². The van der Waals surface area contributed by atoms with Crippen LogP contribution >= 0.6 is 11.3 Å². The lowest BCUT2D eigenvalue weighted by atomic mass is 9.72. The minimum atomic E-state index is -0.526. The highest BCUT2D eigenvalue weighted by atomic mass is 32.1. The number of aryl methyl sites for hydroxylation is 2. The smallest absolute Gasteiger partial charge is 0.262 e. The molecule has 3 nitrogen and oxygen atoms in total. The first-order chi connectivity index (χ1) is 11.4. The number of halogens is 1. The highest BCUT2D eigenvalue weighted by molar-refractivity contribution is 7.18. The Morgan fingerprint density at radius 3 is 2.75 bits per heavy atom. The molecule has 2 aromatic rings. The van der Waals surface area contributed by atoms with Crippen molar-refractivity contribution in [2.24, 2.45) is 11.3 Å². The summed E-state index contributed by atoms with van der Waals surface area (Å²) in [6.45, 7) is 8.53. The summed E-state index contributed by atoms with van der Waals surface area (Å²) >= 11 is 1.68. The van der Waals surface area contributed by atoms with E-state index in [9.17, 15) is 9.18 Å². The molecule has 5 heteroatoms. The van der Waals surface area contributed by atoms with Crippen LogP contribution in [-0.4, -0.2) is 16.2 Å². The molecule has 0 fully saturated rings. The van der Waals surface area contributed by atoms with Crippen LogP contribution in [0, 0.1) is 11.3 Å². The van der Waals surface area contributed by atoms with Gasteiger partial charge in [-0.2, -0.15) is 0 Å². The van der Waals surface area contributed by atoms with E-state index in [1.165, 1.54) is 10.4 Å². The first-order valence-corrected chi connectivity index (χ1v) is 9.78. The quantitative estimate of drug-likeness (QED) is 0.812. The number of hydrogen-bond acceptors (Lipinski definition) is 3. The molecule has 0 aliphatic heterocycles. The van der Waals surface area contributed by atoms with Crippen molar-refractivity contribution in [3.63, 3.8) is 0 Å². The summed E-state index contributed by atoms with van der Waals surface area (Å²) in [7, 11) is 0. The Labute approximate surface area is 146 Å². The number of hydrogen-bond donors (Lipinski definition) is 0. The summed E-state index contributed by atoms with van der Waals surface area (Å²) < 4.78 is 14.5. The third-order valence-corrected chi connectivity index (χ3v) is 6.40. The van der Waals surface area contributed by atoms with Crippen molar-refractivity contribution in [3.8, 4) is 0 Å². The zero-order valence-corrected chi connectivity index (χ0v) is 15.9. The molecule has 1 aliphatic carbocycles. The number of thiophene rings is 1. The lowest BCUT2D eigenvalue weighted by molar-refractivity contribution is 0.218. The molecule has 1 unspecified atom stereocenters. The first-order valence-electron chi connectivity index (χ1n) is 8.96. The lowest BCUT2D eigenvalue weighted by Crippen LogP contribution is -2.28. The van der Waals surface area contributed by atoms with Gasteiger partial charge in [0.15, 0.2) is 0 Å². The van der Waals surface area contributed by atoms with Crippen molar-refractivity contribution in [2.45, 2.75) is 66.3 Å². The van der Waals surface area contributed by atoms with E-state index >= 15 is 0 Å². The highest BCUT2D eigenvalue weighted by Gasteiger charge is 2.32. The predicted molar refractivity (Wildman–Crippen MR) is 98.8 cm³/mol. The minimum absolute atomic E-state index is 0.0344. The topological polar surface area (TPSA) is 34.9 Å². The molecule has 0 bridgehead atoms. The summed E-state index contributed by atoms with van der Waals surface area (Å²) in [4.78, 5) is 19.9. The van der Waals surface area contributed by atoms with Gasteiger partial charge in [-0.25, -0.2) is 9.37 Å². The van der Waals surface area contributed by atoms with Gasteiger partial charge < -0.3 is 0 Å². The summed E-state index contributed by atoms with van der Waals surface area (Å²) in [5.74, 6) is 1.37. The highest BCUT2D eigenvalue weighted by Crippen LogP contribution is 2.42. The molecule has 0 aromatic carbocycles. The third kappa shape index (κ3) is 3.03. The second kappa shape index (κ2) is 6.58. The van der Waals surface area contributed by atoms with Crippen LogP contribution in [0.1, 0.15) is 56.8 Å². The molecule has 1 aliphatic rings. The first kappa shape index (κ1) is 17.6. The van der Waals surface area contributed by atoms with Crippen LogP contribution < -0.4 is 5.56 Å². The molecule has 0 saturated heterocycles. The molecule has 132 valence electrons. The zero-order valence-electron chi connectivity index (χ0n) is 15.1. The van der Waals surface area contributed by atoms with Crippen LogP contribution in [0.3, 0.4) is 0 Å². The monoisotopic (exact) mass is 350 g/mol. The Morgan fingerprint density at radius 2 is 2.12 bits per heavy atom. The van der Waals surface area contributed by atoms with Crippen molar-refractivity contribution in [1.82, 2.24) is 9.55 Å². The van der Waals surface area contributed by atoms with Crippen molar-refractivity contribution in [2.75, 3.05) is 6.67 Å². The van der Waals surface area contributed by atoms with E-state index in [1.54, 1.807) is 15.9 Å². The van der Waals surface area contributed by atoms with Gasteiger partial charge in [-0.1, -0.05) is 27.7 Å². The number of fused-ring (bicyclic) bond motifs is 3. The van der Waals surface area contributed by atoms with Gasteiger partial charge in [0.2, 0.25) is 0 Å². The fourth-order valence-electron chi connectivity index (χ4n) is 3.77. The van der Waals surface area contributed by atoms with Crippen LogP contribution in [0.4, 0.5) is 4.39 Å². The Morgan fingerprint density at radius 1 is 1.38 bits per heavy atom. The van der Waals surface area contributed by atoms with E-state index in [0.717, 1.165) is 48.1 Å². The Bertz CT molecular complexity index is 800. The van der Waals surface area contributed by atoms with Crippen molar-refractivity contribution >= 4 is 21.6 Å². The van der Waals surface area contributed by atoms with E-state index in [4.69, 9.17) is 4.98 Å². The number of nitrogens with zero attached hydrogens (tertiary/aromatic N) is 2. The molecule has 0 amide bonds. The maximum Gasteiger partial charge on any atom is 0.262 e. The molecule has 2 aromatic heterocycles. The van der Waals surface area contributed by atoms with Crippen LogP contribution in [0.15, 0.2) is 4.79 Å². The predicted octanol–water partition coefficient (Wildman–Crippen LogP) is 4.53. The Kier molecular flexibility index (Phi) is 4.82. The molecule has 24 heavy (non-hydrogen) atoms. The summed E-state index contributed by atoms with van der Waals surface area (Å²) in [5.41, 5.74) is 1.43. The number of rotatable bonds is 4. The second-order valence-corrected chi connectivity index (χ2v) is 9.00. The Hall–Kier alpha value is -1.23. The summed E-state index contributed by atoms with van der Waals surface area (Å²) in [5, 5.41) is 0.760. The summed E-state index contributed by atoms with van der Waals surface area (Å²) in [6, 6.07) is 0. The van der Waals surface area contributed by atoms with E-state index < -0.39 is 6.67 Å². The van der Waals surface area contributed by atoms with E-state index in [-0.39, 0.29) is 17.5 Å². The minimum Gasteiger partial charge on any atom is -0.293 e. The van der Waals surface area contributed by atoms with Crippen molar-refractivity contribution < 1.29 is 4.39 Å². The maximum absolute atomic E-state index is 13.0. The maximum atomic E-state index is 13.0. The van der Waals surface area contributed by atoms with Gasteiger partial charge in [-0.3, -0.25) is 9.36 Å². The third-order valence-electron chi connectivity index (χ3n) is 5.25. The fourth-order valence-corrected chi connectivity index (χ4v) is 5.08. The van der Waals surface area contributed by atoms with Crippen molar-refractivity contribution in [3.05, 3.63) is 26.6 Å². The lowest BCUT2D eigenvalue weighted by Gasteiger charge is -2.33. The standard InChI is InChI=1S/C19H27FN2OS/c1-5-6-15-21-17-16(18(23)22(15)10-9-20)13-8-7-12(19(2,3)4)11-14(13)24-17/h12H,5-11H2,1-4H3. The van der Waals surface area contributed by atoms with E-state index in [0.29, 0.717) is 5.92 Å². The molecule has 3 rings (SSSR count). The molecule has 2 heterocycles. The largest absolute Gasteiger partial charge is 0.293 e. The van der Waals surface area contributed by atoms with Crippen LogP contribution in [0.25, 0.3) is 10.2 Å². The van der Waals surface area contributed by atoms with Crippen molar-refractivity contribution in [1.29, 1.82) is 0 Å². The van der Waals surface area contributed by atoms with Gasteiger partial charge in [0.25, 0.3) is 5.56 Å². The summed E-state index contributed by atoms with van der Waals surface area (Å²) in [6.07, 6.45) is 4.71. The van der Waals surface area contributed by atoms with Gasteiger partial charge in [0.05, 0.1) is 11.9 Å².